The molecule has 0 bridgehead atoms. The number of benzene rings is 2. The van der Waals surface area contributed by atoms with E-state index in [4.69, 9.17) is 0 Å². The molecule has 136 valence electrons. The fourth-order valence-electron chi connectivity index (χ4n) is 2.50. The molecule has 0 unspecified atom stereocenters. The van der Waals surface area contributed by atoms with Crippen LogP contribution in [0.4, 0.5) is 11.4 Å². The number of hydrogen-bond donors (Lipinski definition) is 2. The number of nitrogens with one attached hydrogen (secondary N) is 2. The van der Waals surface area contributed by atoms with Crippen molar-refractivity contribution in [3.8, 4) is 0 Å². The third kappa shape index (κ3) is 5.00. The number of amides is 2. The Morgan fingerprint density at radius 3 is 2.23 bits per heavy atom. The first-order chi connectivity index (χ1) is 12.3. The molecule has 2 N–H and O–H groups in total. The SMILES string of the molecule is CC(=O)c1ccccc1C(=O)Nc1ccc(C)c(NC(=O)CN(C)C)c1. The van der Waals surface area contributed by atoms with Crippen molar-refractivity contribution in [3.05, 3.63) is 59.2 Å². The van der Waals surface area contributed by atoms with Crippen molar-refractivity contribution in [2.24, 2.45) is 0 Å². The van der Waals surface area contributed by atoms with Crippen LogP contribution in [0.2, 0.25) is 0 Å². The molecule has 2 aromatic rings. The lowest BCUT2D eigenvalue weighted by Gasteiger charge is -2.14. The van der Waals surface area contributed by atoms with E-state index in [0.717, 1.165) is 5.56 Å². The molecule has 0 saturated heterocycles. The number of Topliss-reactive ketones (excluding diaryl/α,β-unsaturated/α-hetero) is 1. The third-order valence-corrected chi connectivity index (χ3v) is 3.78. The summed E-state index contributed by atoms with van der Waals surface area (Å²) in [6.45, 7) is 3.57. The van der Waals surface area contributed by atoms with Gasteiger partial charge in [0.1, 0.15) is 0 Å². The fourth-order valence-corrected chi connectivity index (χ4v) is 2.50. The van der Waals surface area contributed by atoms with E-state index in [1.54, 1.807) is 41.3 Å². The number of likely N-dealkylation sites (N-methyl/N-ethyl adjacent to an activating group) is 1. The normalized spacial score (nSPS) is 10.5. The van der Waals surface area contributed by atoms with Crippen LogP contribution >= 0.6 is 0 Å². The largest absolute Gasteiger partial charge is 0.325 e. The Kier molecular flexibility index (Phi) is 6.25. The van der Waals surface area contributed by atoms with Gasteiger partial charge in [0, 0.05) is 16.9 Å². The van der Waals surface area contributed by atoms with Crippen molar-refractivity contribution in [1.29, 1.82) is 0 Å². The zero-order valence-corrected chi connectivity index (χ0v) is 15.4. The lowest BCUT2D eigenvalue weighted by Crippen LogP contribution is -2.27. The summed E-state index contributed by atoms with van der Waals surface area (Å²) in [5, 5.41) is 5.62. The minimum atomic E-state index is -0.370. The smallest absolute Gasteiger partial charge is 0.256 e. The molecule has 0 atom stereocenters. The average molecular weight is 353 g/mol. The monoisotopic (exact) mass is 353 g/mol. The van der Waals surface area contributed by atoms with Crippen LogP contribution in [0.5, 0.6) is 0 Å². The van der Waals surface area contributed by atoms with Gasteiger partial charge in [-0.3, -0.25) is 14.4 Å². The third-order valence-electron chi connectivity index (χ3n) is 3.78. The second-order valence-corrected chi connectivity index (χ2v) is 6.37. The molecule has 0 spiro atoms. The van der Waals surface area contributed by atoms with Crippen molar-refractivity contribution in [1.82, 2.24) is 4.90 Å². The molecule has 0 aliphatic rings. The van der Waals surface area contributed by atoms with E-state index in [1.807, 2.05) is 27.1 Å². The Balaban J connectivity index is 2.20. The van der Waals surface area contributed by atoms with Gasteiger partial charge < -0.3 is 15.5 Å². The summed E-state index contributed by atoms with van der Waals surface area (Å²) >= 11 is 0. The quantitative estimate of drug-likeness (QED) is 0.783. The van der Waals surface area contributed by atoms with Crippen molar-refractivity contribution in [2.45, 2.75) is 13.8 Å². The highest BCUT2D eigenvalue weighted by atomic mass is 16.2. The van der Waals surface area contributed by atoms with Gasteiger partial charge in [-0.05, 0) is 51.7 Å². The van der Waals surface area contributed by atoms with E-state index in [1.165, 1.54) is 6.92 Å². The summed E-state index contributed by atoms with van der Waals surface area (Å²) in [5.74, 6) is -0.676. The second kappa shape index (κ2) is 8.40. The molecule has 0 aromatic heterocycles. The number of hydrogen-bond acceptors (Lipinski definition) is 4. The number of carbonyl (C=O) groups is 3. The van der Waals surface area contributed by atoms with Gasteiger partial charge in [-0.15, -0.1) is 0 Å². The predicted octanol–water partition coefficient (Wildman–Crippen LogP) is 2.95. The summed E-state index contributed by atoms with van der Waals surface area (Å²) in [6.07, 6.45) is 0. The van der Waals surface area contributed by atoms with Crippen molar-refractivity contribution in [2.75, 3.05) is 31.3 Å². The van der Waals surface area contributed by atoms with E-state index in [-0.39, 0.29) is 24.1 Å². The highest BCUT2D eigenvalue weighted by Gasteiger charge is 2.14. The highest BCUT2D eigenvalue weighted by Crippen LogP contribution is 2.21. The molecule has 0 heterocycles. The zero-order valence-electron chi connectivity index (χ0n) is 15.4. The van der Waals surface area contributed by atoms with Gasteiger partial charge >= 0.3 is 0 Å². The van der Waals surface area contributed by atoms with Crippen LogP contribution < -0.4 is 10.6 Å². The number of nitrogens with zero attached hydrogens (tertiary/aromatic N) is 1. The van der Waals surface area contributed by atoms with Gasteiger partial charge in [0.05, 0.1) is 12.1 Å². The lowest BCUT2D eigenvalue weighted by molar-refractivity contribution is -0.116. The Morgan fingerprint density at radius 1 is 0.962 bits per heavy atom. The second-order valence-electron chi connectivity index (χ2n) is 6.37. The van der Waals surface area contributed by atoms with Crippen LogP contribution in [-0.4, -0.2) is 43.1 Å². The molecule has 0 saturated carbocycles. The first-order valence-corrected chi connectivity index (χ1v) is 8.24. The van der Waals surface area contributed by atoms with Crippen LogP contribution in [0.1, 0.15) is 33.2 Å². The average Bonchev–Trinajstić information content (AvgIpc) is 2.57. The number of aryl methyl sites for hydroxylation is 1. The first-order valence-electron chi connectivity index (χ1n) is 8.24. The Hall–Kier alpha value is -2.99. The maximum Gasteiger partial charge on any atom is 0.256 e. The molecule has 2 aromatic carbocycles. The highest BCUT2D eigenvalue weighted by molar-refractivity contribution is 6.12. The molecular weight excluding hydrogens is 330 g/mol. The van der Waals surface area contributed by atoms with Gasteiger partial charge in [-0.2, -0.15) is 0 Å². The van der Waals surface area contributed by atoms with Crippen LogP contribution in [0.25, 0.3) is 0 Å². The molecule has 2 amide bonds. The molecule has 2 rings (SSSR count). The predicted molar refractivity (Wildman–Crippen MR) is 103 cm³/mol. The zero-order chi connectivity index (χ0) is 19.3. The molecule has 0 aliphatic carbocycles. The number of anilines is 2. The molecule has 0 aliphatic heterocycles. The van der Waals surface area contributed by atoms with E-state index in [9.17, 15) is 14.4 Å². The van der Waals surface area contributed by atoms with Crippen LogP contribution in [0, 0.1) is 6.92 Å². The molecule has 6 nitrogen and oxygen atoms in total. The Labute approximate surface area is 153 Å². The number of ketones is 1. The topological polar surface area (TPSA) is 78.5 Å². The number of rotatable bonds is 6. The van der Waals surface area contributed by atoms with E-state index < -0.39 is 0 Å². The minimum Gasteiger partial charge on any atom is -0.325 e. The maximum atomic E-state index is 12.5. The van der Waals surface area contributed by atoms with Gasteiger partial charge in [0.15, 0.2) is 5.78 Å². The number of carbonyl (C=O) groups excluding carboxylic acids is 3. The fraction of sp³-hybridized carbons (Fsp3) is 0.250. The maximum absolute atomic E-state index is 12.5. The van der Waals surface area contributed by atoms with Crippen molar-refractivity contribution < 1.29 is 14.4 Å². The minimum absolute atomic E-state index is 0.136. The van der Waals surface area contributed by atoms with Gasteiger partial charge in [-0.25, -0.2) is 0 Å². The van der Waals surface area contributed by atoms with Crippen molar-refractivity contribution >= 4 is 29.0 Å². The first kappa shape index (κ1) is 19.3. The Morgan fingerprint density at radius 2 is 1.62 bits per heavy atom. The molecule has 0 radical (unpaired) electrons. The van der Waals surface area contributed by atoms with Gasteiger partial charge in [-0.1, -0.05) is 24.3 Å². The van der Waals surface area contributed by atoms with Crippen LogP contribution in [-0.2, 0) is 4.79 Å². The summed E-state index contributed by atoms with van der Waals surface area (Å²) in [5.41, 5.74) is 2.75. The standard InChI is InChI=1S/C20H23N3O3/c1-13-9-10-15(11-18(13)22-19(25)12-23(3)4)21-20(26)17-8-6-5-7-16(17)14(2)24/h5-11H,12H2,1-4H3,(H,21,26)(H,22,25). The molecular formula is C20H23N3O3. The Bertz CT molecular complexity index is 844. The lowest BCUT2D eigenvalue weighted by atomic mass is 10.0. The van der Waals surface area contributed by atoms with Crippen LogP contribution in [0.15, 0.2) is 42.5 Å². The molecule has 26 heavy (non-hydrogen) atoms. The van der Waals surface area contributed by atoms with E-state index in [0.29, 0.717) is 22.5 Å². The van der Waals surface area contributed by atoms with Crippen molar-refractivity contribution in [3.63, 3.8) is 0 Å². The molecule has 6 heteroatoms. The summed E-state index contributed by atoms with van der Waals surface area (Å²) in [7, 11) is 3.63. The van der Waals surface area contributed by atoms with E-state index >= 15 is 0 Å². The molecule has 0 fully saturated rings. The van der Waals surface area contributed by atoms with E-state index in [2.05, 4.69) is 10.6 Å². The van der Waals surface area contributed by atoms with Gasteiger partial charge in [0.25, 0.3) is 5.91 Å². The summed E-state index contributed by atoms with van der Waals surface area (Å²) < 4.78 is 0. The summed E-state index contributed by atoms with van der Waals surface area (Å²) in [6, 6.07) is 11.9. The van der Waals surface area contributed by atoms with Crippen LogP contribution in [0.3, 0.4) is 0 Å². The summed E-state index contributed by atoms with van der Waals surface area (Å²) in [4.78, 5) is 38.0. The van der Waals surface area contributed by atoms with Gasteiger partial charge in [0.2, 0.25) is 5.91 Å².